The van der Waals surface area contributed by atoms with Crippen LogP contribution in [-0.4, -0.2) is 7.11 Å². The molecule has 2 nitrogen and oxygen atoms in total. The average Bonchev–Trinajstić information content (AvgIpc) is 2.39. The zero-order valence-corrected chi connectivity index (χ0v) is 10.7. The molecule has 1 atom stereocenters. The van der Waals surface area contributed by atoms with E-state index in [9.17, 15) is 0 Å². The second kappa shape index (κ2) is 5.37. The third-order valence-corrected chi connectivity index (χ3v) is 3.50. The normalized spacial score (nSPS) is 17.5. The van der Waals surface area contributed by atoms with Gasteiger partial charge in [0.05, 0.1) is 13.2 Å². The summed E-state index contributed by atoms with van der Waals surface area (Å²) in [6.45, 7) is 2.06. The number of benzene rings is 1. The third kappa shape index (κ3) is 2.70. The van der Waals surface area contributed by atoms with Gasteiger partial charge in [0.25, 0.3) is 0 Å². The molecule has 0 aromatic heterocycles. The number of ether oxygens (including phenoxy) is 1. The molecule has 17 heavy (non-hydrogen) atoms. The summed E-state index contributed by atoms with van der Waals surface area (Å²) in [5.74, 6) is 0.929. The Morgan fingerprint density at radius 2 is 2.12 bits per heavy atom. The molecule has 92 valence electrons. The van der Waals surface area contributed by atoms with Crippen LogP contribution in [0, 0.1) is 6.92 Å². The molecule has 1 aromatic rings. The van der Waals surface area contributed by atoms with Crippen molar-refractivity contribution in [1.29, 1.82) is 0 Å². The highest BCUT2D eigenvalue weighted by Crippen LogP contribution is 2.30. The maximum Gasteiger partial charge on any atom is 0.121 e. The van der Waals surface area contributed by atoms with Crippen LogP contribution in [0.15, 0.2) is 29.8 Å². The molecule has 2 N–H and O–H groups in total. The molecule has 0 heterocycles. The molecule has 0 amide bonds. The number of hydrogen-bond donors (Lipinski definition) is 1. The molecule has 0 saturated heterocycles. The van der Waals surface area contributed by atoms with Crippen LogP contribution in [-0.2, 0) is 0 Å². The minimum atomic E-state index is 0.0555. The van der Waals surface area contributed by atoms with Gasteiger partial charge >= 0.3 is 0 Å². The SMILES string of the molecule is COc1ccc(C(N)C2=CCCCC2)cc1C. The van der Waals surface area contributed by atoms with Gasteiger partial charge in [-0.1, -0.05) is 23.8 Å². The van der Waals surface area contributed by atoms with Crippen molar-refractivity contribution in [3.8, 4) is 5.75 Å². The summed E-state index contributed by atoms with van der Waals surface area (Å²) < 4.78 is 5.27. The second-order valence-corrected chi connectivity index (χ2v) is 4.73. The van der Waals surface area contributed by atoms with E-state index in [1.807, 2.05) is 6.07 Å². The summed E-state index contributed by atoms with van der Waals surface area (Å²) in [6, 6.07) is 6.28. The van der Waals surface area contributed by atoms with Gasteiger partial charge in [-0.05, 0) is 49.8 Å². The number of nitrogens with two attached hydrogens (primary N) is 1. The Morgan fingerprint density at radius 3 is 2.71 bits per heavy atom. The van der Waals surface area contributed by atoms with E-state index in [2.05, 4.69) is 25.1 Å². The van der Waals surface area contributed by atoms with Crippen molar-refractivity contribution in [3.05, 3.63) is 41.0 Å². The van der Waals surface area contributed by atoms with Crippen molar-refractivity contribution in [1.82, 2.24) is 0 Å². The zero-order chi connectivity index (χ0) is 12.3. The fraction of sp³-hybridized carbons (Fsp3) is 0.467. The largest absolute Gasteiger partial charge is 0.496 e. The number of rotatable bonds is 3. The molecular formula is C15H21NO. The third-order valence-electron chi connectivity index (χ3n) is 3.50. The van der Waals surface area contributed by atoms with Crippen molar-refractivity contribution in [2.24, 2.45) is 5.73 Å². The van der Waals surface area contributed by atoms with E-state index < -0.39 is 0 Å². The van der Waals surface area contributed by atoms with Crippen LogP contribution in [0.4, 0.5) is 0 Å². The van der Waals surface area contributed by atoms with Crippen molar-refractivity contribution in [2.45, 2.75) is 38.6 Å². The molecule has 0 radical (unpaired) electrons. The molecule has 0 spiro atoms. The Hall–Kier alpha value is -1.28. The van der Waals surface area contributed by atoms with Crippen LogP contribution in [0.5, 0.6) is 5.75 Å². The fourth-order valence-corrected chi connectivity index (χ4v) is 2.45. The van der Waals surface area contributed by atoms with Gasteiger partial charge in [-0.25, -0.2) is 0 Å². The standard InChI is InChI=1S/C15H21NO/c1-11-10-13(8-9-14(11)17-2)15(16)12-6-4-3-5-7-12/h6,8-10,15H,3-5,7,16H2,1-2H3. The van der Waals surface area contributed by atoms with E-state index in [1.54, 1.807) is 7.11 Å². The molecule has 1 aliphatic carbocycles. The van der Waals surface area contributed by atoms with E-state index >= 15 is 0 Å². The van der Waals surface area contributed by atoms with Crippen LogP contribution >= 0.6 is 0 Å². The van der Waals surface area contributed by atoms with Crippen LogP contribution in [0.3, 0.4) is 0 Å². The zero-order valence-electron chi connectivity index (χ0n) is 10.7. The Labute approximate surface area is 103 Å². The van der Waals surface area contributed by atoms with Gasteiger partial charge in [0.1, 0.15) is 5.75 Å². The number of aryl methyl sites for hydroxylation is 1. The van der Waals surface area contributed by atoms with Crippen molar-refractivity contribution in [3.63, 3.8) is 0 Å². The first kappa shape index (κ1) is 12.2. The highest BCUT2D eigenvalue weighted by Gasteiger charge is 2.14. The molecule has 2 rings (SSSR count). The monoisotopic (exact) mass is 231 g/mol. The molecular weight excluding hydrogens is 210 g/mol. The quantitative estimate of drug-likeness (QED) is 0.808. The smallest absolute Gasteiger partial charge is 0.121 e. The van der Waals surface area contributed by atoms with Gasteiger partial charge in [0.15, 0.2) is 0 Å². The molecule has 1 unspecified atom stereocenters. The van der Waals surface area contributed by atoms with Gasteiger partial charge in [-0.3, -0.25) is 0 Å². The molecule has 0 aliphatic heterocycles. The maximum atomic E-state index is 6.32. The molecule has 2 heteroatoms. The van der Waals surface area contributed by atoms with E-state index in [1.165, 1.54) is 30.4 Å². The Morgan fingerprint density at radius 1 is 1.29 bits per heavy atom. The maximum absolute atomic E-state index is 6.32. The highest BCUT2D eigenvalue weighted by atomic mass is 16.5. The van der Waals surface area contributed by atoms with Crippen LogP contribution < -0.4 is 10.5 Å². The van der Waals surface area contributed by atoms with Crippen LogP contribution in [0.25, 0.3) is 0 Å². The first-order chi connectivity index (χ1) is 8.22. The second-order valence-electron chi connectivity index (χ2n) is 4.73. The van der Waals surface area contributed by atoms with Gasteiger partial charge in [0.2, 0.25) is 0 Å². The average molecular weight is 231 g/mol. The van der Waals surface area contributed by atoms with E-state index in [4.69, 9.17) is 10.5 Å². The van der Waals surface area contributed by atoms with Gasteiger partial charge < -0.3 is 10.5 Å². The van der Waals surface area contributed by atoms with E-state index in [-0.39, 0.29) is 6.04 Å². The number of allylic oxidation sites excluding steroid dienone is 1. The first-order valence-electron chi connectivity index (χ1n) is 6.31. The van der Waals surface area contributed by atoms with E-state index in [0.717, 1.165) is 17.7 Å². The van der Waals surface area contributed by atoms with Crippen LogP contribution in [0.1, 0.15) is 42.9 Å². The predicted octanol–water partition coefficient (Wildman–Crippen LogP) is 3.50. The van der Waals surface area contributed by atoms with E-state index in [0.29, 0.717) is 0 Å². The molecule has 1 aromatic carbocycles. The predicted molar refractivity (Wildman–Crippen MR) is 71.2 cm³/mol. The first-order valence-corrected chi connectivity index (χ1v) is 6.31. The van der Waals surface area contributed by atoms with Gasteiger partial charge in [-0.2, -0.15) is 0 Å². The summed E-state index contributed by atoms with van der Waals surface area (Å²) in [5.41, 5.74) is 10.1. The Balaban J connectivity index is 2.21. The van der Waals surface area contributed by atoms with Gasteiger partial charge in [0, 0.05) is 0 Å². The number of hydrogen-bond acceptors (Lipinski definition) is 2. The summed E-state index contributed by atoms with van der Waals surface area (Å²) >= 11 is 0. The molecule has 0 saturated carbocycles. The lowest BCUT2D eigenvalue weighted by Gasteiger charge is -2.20. The van der Waals surface area contributed by atoms with Crippen LogP contribution in [0.2, 0.25) is 0 Å². The lowest BCUT2D eigenvalue weighted by atomic mass is 9.90. The molecule has 0 fully saturated rings. The minimum Gasteiger partial charge on any atom is -0.496 e. The fourth-order valence-electron chi connectivity index (χ4n) is 2.45. The Kier molecular flexibility index (Phi) is 3.85. The topological polar surface area (TPSA) is 35.2 Å². The lowest BCUT2D eigenvalue weighted by molar-refractivity contribution is 0.411. The molecule has 1 aliphatic rings. The van der Waals surface area contributed by atoms with Crippen molar-refractivity contribution < 1.29 is 4.74 Å². The Bertz CT molecular complexity index is 423. The van der Waals surface area contributed by atoms with Crippen molar-refractivity contribution >= 4 is 0 Å². The summed E-state index contributed by atoms with van der Waals surface area (Å²) in [7, 11) is 1.70. The van der Waals surface area contributed by atoms with Crippen molar-refractivity contribution in [2.75, 3.05) is 7.11 Å². The summed E-state index contributed by atoms with van der Waals surface area (Å²) in [6.07, 6.45) is 7.21. The lowest BCUT2D eigenvalue weighted by Crippen LogP contribution is -2.15. The molecule has 0 bridgehead atoms. The minimum absolute atomic E-state index is 0.0555. The number of methoxy groups -OCH3 is 1. The summed E-state index contributed by atoms with van der Waals surface area (Å²) in [4.78, 5) is 0. The summed E-state index contributed by atoms with van der Waals surface area (Å²) in [5, 5.41) is 0. The highest BCUT2D eigenvalue weighted by molar-refractivity contribution is 5.39. The van der Waals surface area contributed by atoms with Gasteiger partial charge in [-0.15, -0.1) is 0 Å².